The van der Waals surface area contributed by atoms with Gasteiger partial charge in [0.1, 0.15) is 0 Å². The van der Waals surface area contributed by atoms with Crippen molar-refractivity contribution in [1.29, 1.82) is 5.26 Å². The molecular formula is C22H33N. The van der Waals surface area contributed by atoms with Crippen molar-refractivity contribution in [2.75, 3.05) is 0 Å². The Morgan fingerprint density at radius 3 is 2.09 bits per heavy atom. The second-order valence-corrected chi connectivity index (χ2v) is 7.29. The minimum atomic E-state index is 0.308. The highest BCUT2D eigenvalue weighted by Crippen LogP contribution is 2.35. The van der Waals surface area contributed by atoms with E-state index in [-0.39, 0.29) is 0 Å². The quantitative estimate of drug-likeness (QED) is 0.461. The first-order valence-corrected chi connectivity index (χ1v) is 9.82. The van der Waals surface area contributed by atoms with Gasteiger partial charge < -0.3 is 0 Å². The van der Waals surface area contributed by atoms with E-state index in [1.54, 1.807) is 0 Å². The van der Waals surface area contributed by atoms with Crippen LogP contribution in [-0.4, -0.2) is 0 Å². The summed E-state index contributed by atoms with van der Waals surface area (Å²) < 4.78 is 0. The van der Waals surface area contributed by atoms with E-state index in [0.29, 0.717) is 11.8 Å². The molecule has 0 aliphatic heterocycles. The maximum atomic E-state index is 9.00. The number of rotatable bonds is 9. The van der Waals surface area contributed by atoms with Crippen LogP contribution in [0.25, 0.3) is 0 Å². The molecule has 1 nitrogen and oxygen atoms in total. The minimum absolute atomic E-state index is 0.308. The molecule has 2 rings (SSSR count). The third-order valence-electron chi connectivity index (χ3n) is 5.43. The summed E-state index contributed by atoms with van der Waals surface area (Å²) in [5, 5.41) is 9.00. The van der Waals surface area contributed by atoms with Crippen LogP contribution >= 0.6 is 0 Å². The summed E-state index contributed by atoms with van der Waals surface area (Å²) in [6.07, 6.45) is 15.5. The number of unbranched alkanes of at least 4 members (excludes halogenated alkanes) is 6. The van der Waals surface area contributed by atoms with Crippen LogP contribution in [0.2, 0.25) is 0 Å². The smallest absolute Gasteiger partial charge is 0.0655 e. The van der Waals surface area contributed by atoms with Crippen molar-refractivity contribution < 1.29 is 0 Å². The van der Waals surface area contributed by atoms with E-state index >= 15 is 0 Å². The fourth-order valence-electron chi connectivity index (χ4n) is 3.80. The molecule has 23 heavy (non-hydrogen) atoms. The molecule has 1 fully saturated rings. The Morgan fingerprint density at radius 2 is 1.48 bits per heavy atom. The number of nitrogens with zero attached hydrogens (tertiary/aromatic N) is 1. The Bertz CT molecular complexity index is 460. The van der Waals surface area contributed by atoms with E-state index in [0.717, 1.165) is 12.8 Å². The van der Waals surface area contributed by atoms with E-state index in [2.05, 4.69) is 37.3 Å². The summed E-state index contributed by atoms with van der Waals surface area (Å²) >= 11 is 0. The molecule has 1 aromatic carbocycles. The largest absolute Gasteiger partial charge is 0.198 e. The Labute approximate surface area is 143 Å². The fourth-order valence-corrected chi connectivity index (χ4v) is 3.80. The van der Waals surface area contributed by atoms with Gasteiger partial charge in [-0.25, -0.2) is 0 Å². The van der Waals surface area contributed by atoms with Crippen molar-refractivity contribution in [3.8, 4) is 6.07 Å². The van der Waals surface area contributed by atoms with E-state index in [9.17, 15) is 0 Å². The summed E-state index contributed by atoms with van der Waals surface area (Å²) in [6, 6.07) is 11.8. The lowest BCUT2D eigenvalue weighted by molar-refractivity contribution is 0.382. The molecule has 0 aromatic heterocycles. The van der Waals surface area contributed by atoms with Crippen LogP contribution in [0.4, 0.5) is 0 Å². The number of benzene rings is 1. The number of hydrogen-bond donors (Lipinski definition) is 0. The Balaban J connectivity index is 1.66. The summed E-state index contributed by atoms with van der Waals surface area (Å²) in [6.45, 7) is 2.28. The first-order chi connectivity index (χ1) is 11.3. The highest BCUT2D eigenvalue weighted by atomic mass is 14.3. The lowest BCUT2D eigenvalue weighted by atomic mass is 9.79. The number of nitriles is 1. The van der Waals surface area contributed by atoms with E-state index in [1.807, 2.05) is 0 Å². The van der Waals surface area contributed by atoms with Gasteiger partial charge >= 0.3 is 0 Å². The molecule has 0 saturated heterocycles. The maximum absolute atomic E-state index is 9.00. The SMILES string of the molecule is CCCCCCCCCc1ccc(C2CCC(C#N)CC2)cc1. The van der Waals surface area contributed by atoms with Gasteiger partial charge in [-0.3, -0.25) is 0 Å². The van der Waals surface area contributed by atoms with E-state index in [4.69, 9.17) is 5.26 Å². The Morgan fingerprint density at radius 1 is 0.870 bits per heavy atom. The average Bonchev–Trinajstić information content (AvgIpc) is 2.61. The Kier molecular flexibility index (Phi) is 8.23. The molecule has 0 bridgehead atoms. The van der Waals surface area contributed by atoms with Gasteiger partial charge in [-0.05, 0) is 55.6 Å². The van der Waals surface area contributed by atoms with Crippen LogP contribution in [0, 0.1) is 17.2 Å². The van der Waals surface area contributed by atoms with Gasteiger partial charge in [0.05, 0.1) is 6.07 Å². The van der Waals surface area contributed by atoms with Crippen molar-refractivity contribution in [3.63, 3.8) is 0 Å². The Hall–Kier alpha value is -1.29. The van der Waals surface area contributed by atoms with Crippen molar-refractivity contribution >= 4 is 0 Å². The van der Waals surface area contributed by atoms with E-state index in [1.165, 1.54) is 75.3 Å². The molecule has 126 valence electrons. The molecule has 1 saturated carbocycles. The molecule has 0 N–H and O–H groups in total. The van der Waals surface area contributed by atoms with Gasteiger partial charge in [0.15, 0.2) is 0 Å². The lowest BCUT2D eigenvalue weighted by Gasteiger charge is -2.25. The molecule has 1 aliphatic rings. The first-order valence-electron chi connectivity index (χ1n) is 9.82. The second-order valence-electron chi connectivity index (χ2n) is 7.29. The molecule has 0 spiro atoms. The van der Waals surface area contributed by atoms with Gasteiger partial charge in [0.2, 0.25) is 0 Å². The molecule has 0 radical (unpaired) electrons. The van der Waals surface area contributed by atoms with Crippen LogP contribution < -0.4 is 0 Å². The summed E-state index contributed by atoms with van der Waals surface area (Å²) in [5.74, 6) is 0.995. The van der Waals surface area contributed by atoms with Gasteiger partial charge in [0, 0.05) is 5.92 Å². The van der Waals surface area contributed by atoms with Gasteiger partial charge in [-0.1, -0.05) is 69.7 Å². The molecule has 1 aromatic rings. The van der Waals surface area contributed by atoms with Crippen LogP contribution in [-0.2, 0) is 6.42 Å². The third kappa shape index (κ3) is 6.38. The fraction of sp³-hybridized carbons (Fsp3) is 0.682. The minimum Gasteiger partial charge on any atom is -0.198 e. The zero-order valence-corrected chi connectivity index (χ0v) is 14.9. The van der Waals surface area contributed by atoms with Crippen LogP contribution in [0.1, 0.15) is 94.6 Å². The second kappa shape index (κ2) is 10.5. The van der Waals surface area contributed by atoms with Crippen molar-refractivity contribution in [1.82, 2.24) is 0 Å². The first kappa shape index (κ1) is 18.1. The predicted octanol–water partition coefficient (Wildman–Crippen LogP) is 6.78. The van der Waals surface area contributed by atoms with Gasteiger partial charge in [0.25, 0.3) is 0 Å². The van der Waals surface area contributed by atoms with Crippen molar-refractivity contribution in [2.45, 2.75) is 89.9 Å². The highest BCUT2D eigenvalue weighted by molar-refractivity contribution is 5.26. The number of hydrogen-bond acceptors (Lipinski definition) is 1. The monoisotopic (exact) mass is 311 g/mol. The van der Waals surface area contributed by atoms with Crippen molar-refractivity contribution in [3.05, 3.63) is 35.4 Å². The molecule has 1 heteroatoms. The average molecular weight is 312 g/mol. The summed E-state index contributed by atoms with van der Waals surface area (Å²) in [7, 11) is 0. The van der Waals surface area contributed by atoms with Gasteiger partial charge in [-0.15, -0.1) is 0 Å². The maximum Gasteiger partial charge on any atom is 0.0655 e. The third-order valence-corrected chi connectivity index (χ3v) is 5.43. The molecular weight excluding hydrogens is 278 g/mol. The molecule has 0 atom stereocenters. The van der Waals surface area contributed by atoms with Crippen molar-refractivity contribution in [2.24, 2.45) is 5.92 Å². The van der Waals surface area contributed by atoms with E-state index < -0.39 is 0 Å². The molecule has 0 unspecified atom stereocenters. The topological polar surface area (TPSA) is 23.8 Å². The highest BCUT2D eigenvalue weighted by Gasteiger charge is 2.21. The van der Waals surface area contributed by atoms with Crippen LogP contribution in [0.15, 0.2) is 24.3 Å². The van der Waals surface area contributed by atoms with Gasteiger partial charge in [-0.2, -0.15) is 5.26 Å². The zero-order chi connectivity index (χ0) is 16.3. The standard InChI is InChI=1S/C22H33N/c1-2-3-4-5-6-7-8-9-19-10-14-21(15-11-19)22-16-12-20(18-23)13-17-22/h10-11,14-15,20,22H,2-9,12-13,16-17H2,1H3. The zero-order valence-electron chi connectivity index (χ0n) is 14.9. The molecule has 0 amide bonds. The van der Waals surface area contributed by atoms with Crippen LogP contribution in [0.3, 0.4) is 0 Å². The number of aryl methyl sites for hydroxylation is 1. The molecule has 0 heterocycles. The predicted molar refractivity (Wildman–Crippen MR) is 98.5 cm³/mol. The summed E-state index contributed by atoms with van der Waals surface area (Å²) in [4.78, 5) is 0. The molecule has 1 aliphatic carbocycles. The van der Waals surface area contributed by atoms with Crippen LogP contribution in [0.5, 0.6) is 0 Å². The summed E-state index contributed by atoms with van der Waals surface area (Å²) in [5.41, 5.74) is 2.98. The normalized spacial score (nSPS) is 21.0. The lowest BCUT2D eigenvalue weighted by Crippen LogP contribution is -2.11.